The number of carboxylic acids is 1. The fourth-order valence-electron chi connectivity index (χ4n) is 2.35. The van der Waals surface area contributed by atoms with Crippen LogP contribution in [0.15, 0.2) is 24.3 Å². The van der Waals surface area contributed by atoms with Crippen LogP contribution in [-0.2, 0) is 25.6 Å². The summed E-state index contributed by atoms with van der Waals surface area (Å²) in [4.78, 5) is 47.5. The fourth-order valence-corrected chi connectivity index (χ4v) is 2.35. The maximum Gasteiger partial charge on any atom is 0.328 e. The first-order valence-electron chi connectivity index (χ1n) is 8.97. The van der Waals surface area contributed by atoms with Crippen LogP contribution < -0.4 is 21.7 Å². The van der Waals surface area contributed by atoms with Crippen molar-refractivity contribution >= 4 is 23.7 Å². The van der Waals surface area contributed by atoms with Crippen LogP contribution in [0.1, 0.15) is 12.5 Å². The Morgan fingerprint density at radius 2 is 1.67 bits per heavy atom. The van der Waals surface area contributed by atoms with Gasteiger partial charge in [-0.15, -0.1) is 0 Å². The molecule has 0 aliphatic heterocycles. The molecule has 4 atom stereocenters. The molecule has 1 aromatic rings. The van der Waals surface area contributed by atoms with Crippen molar-refractivity contribution in [3.63, 3.8) is 0 Å². The molecule has 1 aromatic carbocycles. The zero-order valence-electron chi connectivity index (χ0n) is 16.2. The van der Waals surface area contributed by atoms with Crippen LogP contribution in [-0.4, -0.2) is 81.5 Å². The second-order valence-corrected chi connectivity index (χ2v) is 6.56. The Bertz CT molecular complexity index is 753. The van der Waals surface area contributed by atoms with Gasteiger partial charge in [-0.25, -0.2) is 4.79 Å². The van der Waals surface area contributed by atoms with Crippen molar-refractivity contribution in [1.82, 2.24) is 16.0 Å². The Hall–Kier alpha value is -3.22. The molecular formula is C18H26N4O8. The third-order valence-electron chi connectivity index (χ3n) is 4.03. The molecule has 12 nitrogen and oxygen atoms in total. The Kier molecular flexibility index (Phi) is 9.68. The van der Waals surface area contributed by atoms with Crippen molar-refractivity contribution in [2.24, 2.45) is 5.73 Å². The molecule has 9 N–H and O–H groups in total. The van der Waals surface area contributed by atoms with E-state index in [0.717, 1.165) is 0 Å². The SMILES string of the molecule is CC(O)C(NC(=O)C(Cc1ccc(O)cc1)NC(=O)CNC(=O)C(N)CO)C(=O)O. The third-order valence-corrected chi connectivity index (χ3v) is 4.03. The highest BCUT2D eigenvalue weighted by atomic mass is 16.4. The van der Waals surface area contributed by atoms with Crippen LogP contribution in [0.4, 0.5) is 0 Å². The molecule has 0 aliphatic carbocycles. The number of rotatable bonds is 11. The second kappa shape index (κ2) is 11.7. The number of carboxylic acid groups (broad SMARTS) is 1. The molecule has 0 fully saturated rings. The van der Waals surface area contributed by atoms with E-state index in [-0.39, 0.29) is 12.2 Å². The van der Waals surface area contributed by atoms with E-state index in [0.29, 0.717) is 5.56 Å². The van der Waals surface area contributed by atoms with Gasteiger partial charge < -0.3 is 42.1 Å². The molecule has 0 bridgehead atoms. The number of hydrogen-bond donors (Lipinski definition) is 8. The predicted molar refractivity (Wildman–Crippen MR) is 103 cm³/mol. The summed E-state index contributed by atoms with van der Waals surface area (Å²) >= 11 is 0. The van der Waals surface area contributed by atoms with Crippen molar-refractivity contribution in [2.45, 2.75) is 37.6 Å². The standard InChI is InChI=1S/C18H26N4O8/c1-9(24)15(18(29)30)22-17(28)13(6-10-2-4-11(25)5-3-10)21-14(26)7-20-16(27)12(19)8-23/h2-5,9,12-13,15,23-25H,6-8,19H2,1H3,(H,20,27)(H,21,26)(H,22,28)(H,29,30). The lowest BCUT2D eigenvalue weighted by Gasteiger charge is -2.23. The maximum atomic E-state index is 12.6. The summed E-state index contributed by atoms with van der Waals surface area (Å²) in [5.41, 5.74) is 5.87. The van der Waals surface area contributed by atoms with Crippen molar-refractivity contribution in [3.05, 3.63) is 29.8 Å². The molecule has 1 rings (SSSR count). The summed E-state index contributed by atoms with van der Waals surface area (Å²) in [6, 6.07) is 1.71. The minimum absolute atomic E-state index is 0.00762. The van der Waals surface area contributed by atoms with Crippen LogP contribution >= 0.6 is 0 Å². The molecule has 0 saturated carbocycles. The maximum absolute atomic E-state index is 12.6. The van der Waals surface area contributed by atoms with Crippen molar-refractivity contribution < 1.29 is 39.6 Å². The quantitative estimate of drug-likeness (QED) is 0.179. The number of aliphatic carboxylic acids is 1. The lowest BCUT2D eigenvalue weighted by molar-refractivity contribution is -0.145. The van der Waals surface area contributed by atoms with Crippen molar-refractivity contribution in [2.75, 3.05) is 13.2 Å². The van der Waals surface area contributed by atoms with Gasteiger partial charge in [-0.3, -0.25) is 14.4 Å². The van der Waals surface area contributed by atoms with Crippen molar-refractivity contribution in [3.8, 4) is 5.75 Å². The first-order valence-corrected chi connectivity index (χ1v) is 8.97. The summed E-state index contributed by atoms with van der Waals surface area (Å²) < 4.78 is 0. The molecule has 0 aliphatic rings. The number of carbonyl (C=O) groups excluding carboxylic acids is 3. The molecule has 0 heterocycles. The van der Waals surface area contributed by atoms with Gasteiger partial charge in [-0.2, -0.15) is 0 Å². The van der Waals surface area contributed by atoms with Crippen LogP contribution in [0.25, 0.3) is 0 Å². The highest BCUT2D eigenvalue weighted by Crippen LogP contribution is 2.11. The van der Waals surface area contributed by atoms with Crippen LogP contribution in [0, 0.1) is 0 Å². The average Bonchev–Trinajstić information content (AvgIpc) is 2.69. The van der Waals surface area contributed by atoms with Crippen LogP contribution in [0.5, 0.6) is 5.75 Å². The highest BCUT2D eigenvalue weighted by Gasteiger charge is 2.29. The first kappa shape index (κ1) is 24.8. The van der Waals surface area contributed by atoms with Gasteiger partial charge in [0.2, 0.25) is 17.7 Å². The number of carbonyl (C=O) groups is 4. The van der Waals surface area contributed by atoms with Gasteiger partial charge in [0.1, 0.15) is 17.8 Å². The molecule has 3 amide bonds. The van der Waals surface area contributed by atoms with E-state index in [9.17, 15) is 29.4 Å². The summed E-state index contributed by atoms with van der Waals surface area (Å²) in [5.74, 6) is -3.88. The number of nitrogens with two attached hydrogens (primary N) is 1. The van der Waals surface area contributed by atoms with E-state index in [1.54, 1.807) is 0 Å². The zero-order chi connectivity index (χ0) is 22.8. The number of phenolic OH excluding ortho intramolecular Hbond substituents is 1. The number of benzene rings is 1. The normalized spacial score (nSPS) is 14.7. The van der Waals surface area contributed by atoms with E-state index >= 15 is 0 Å². The Morgan fingerprint density at radius 1 is 1.07 bits per heavy atom. The number of aromatic hydroxyl groups is 1. The smallest absolute Gasteiger partial charge is 0.328 e. The number of hydrogen-bond acceptors (Lipinski definition) is 8. The van der Waals surface area contributed by atoms with Gasteiger partial charge in [-0.1, -0.05) is 12.1 Å². The van der Waals surface area contributed by atoms with Gasteiger partial charge in [0.15, 0.2) is 6.04 Å². The molecule has 0 saturated heterocycles. The van der Waals surface area contributed by atoms with Gasteiger partial charge in [0.25, 0.3) is 0 Å². The van der Waals surface area contributed by atoms with Crippen LogP contribution in [0.3, 0.4) is 0 Å². The number of phenols is 1. The van der Waals surface area contributed by atoms with Crippen molar-refractivity contribution in [1.29, 1.82) is 0 Å². The molecule has 0 spiro atoms. The minimum Gasteiger partial charge on any atom is -0.508 e. The molecule has 0 aromatic heterocycles. The van der Waals surface area contributed by atoms with E-state index < -0.39 is 61.1 Å². The molecular weight excluding hydrogens is 400 g/mol. The van der Waals surface area contributed by atoms with Gasteiger partial charge in [-0.05, 0) is 24.6 Å². The van der Waals surface area contributed by atoms with Crippen LogP contribution in [0.2, 0.25) is 0 Å². The summed E-state index contributed by atoms with van der Waals surface area (Å²) in [5, 5.41) is 43.6. The molecule has 12 heteroatoms. The van der Waals surface area contributed by atoms with E-state index in [1.165, 1.54) is 31.2 Å². The van der Waals surface area contributed by atoms with E-state index in [4.69, 9.17) is 15.9 Å². The molecule has 4 unspecified atom stereocenters. The zero-order valence-corrected chi connectivity index (χ0v) is 16.2. The van der Waals surface area contributed by atoms with E-state index in [2.05, 4.69) is 16.0 Å². The number of aliphatic hydroxyl groups excluding tert-OH is 2. The third kappa shape index (κ3) is 8.03. The topological polar surface area (TPSA) is 211 Å². The first-order chi connectivity index (χ1) is 14.0. The highest BCUT2D eigenvalue weighted by molar-refractivity contribution is 5.92. The van der Waals surface area contributed by atoms with Gasteiger partial charge >= 0.3 is 5.97 Å². The minimum atomic E-state index is -1.60. The lowest BCUT2D eigenvalue weighted by Crippen LogP contribution is -2.56. The summed E-state index contributed by atoms with van der Waals surface area (Å²) in [6.07, 6.45) is -1.45. The molecule has 30 heavy (non-hydrogen) atoms. The second-order valence-electron chi connectivity index (χ2n) is 6.56. The molecule has 166 valence electrons. The Morgan fingerprint density at radius 3 is 2.17 bits per heavy atom. The number of aliphatic hydroxyl groups is 2. The Labute approximate surface area is 172 Å². The van der Waals surface area contributed by atoms with Gasteiger partial charge in [0, 0.05) is 6.42 Å². The number of nitrogens with one attached hydrogen (secondary N) is 3. The predicted octanol–water partition coefficient (Wildman–Crippen LogP) is -3.19. The largest absolute Gasteiger partial charge is 0.508 e. The summed E-state index contributed by atoms with van der Waals surface area (Å²) in [7, 11) is 0. The Balaban J connectivity index is 2.89. The fraction of sp³-hybridized carbons (Fsp3) is 0.444. The monoisotopic (exact) mass is 426 g/mol. The average molecular weight is 426 g/mol. The lowest BCUT2D eigenvalue weighted by atomic mass is 10.0. The van der Waals surface area contributed by atoms with E-state index in [1.807, 2.05) is 0 Å². The van der Waals surface area contributed by atoms with Gasteiger partial charge in [0.05, 0.1) is 19.3 Å². The molecule has 0 radical (unpaired) electrons. The number of amides is 3. The summed E-state index contributed by atoms with van der Waals surface area (Å²) in [6.45, 7) is 0.0342.